The number of nitrogens with zero attached hydrogens (tertiary/aromatic N) is 2. The molecule has 1 aromatic rings. The van der Waals surface area contributed by atoms with Crippen LogP contribution in [0.1, 0.15) is 34.1 Å². The van der Waals surface area contributed by atoms with Crippen molar-refractivity contribution >= 4 is 5.82 Å². The summed E-state index contributed by atoms with van der Waals surface area (Å²) in [5, 5.41) is 3.28. The minimum Gasteiger partial charge on any atom is -0.478 e. The molecule has 0 aliphatic heterocycles. The molecule has 0 radical (unpaired) electrons. The van der Waals surface area contributed by atoms with E-state index in [-0.39, 0.29) is 11.6 Å². The molecule has 1 atom stereocenters. The van der Waals surface area contributed by atoms with Gasteiger partial charge in [0.25, 0.3) is 0 Å². The second-order valence-electron chi connectivity index (χ2n) is 4.73. The van der Waals surface area contributed by atoms with Gasteiger partial charge >= 0.3 is 0 Å². The quantitative estimate of drug-likeness (QED) is 0.790. The molecule has 0 aromatic carbocycles. The molecule has 0 amide bonds. The normalized spacial score (nSPS) is 13.2. The van der Waals surface area contributed by atoms with Gasteiger partial charge in [-0.25, -0.2) is 9.97 Å². The third-order valence-electron chi connectivity index (χ3n) is 2.68. The second kappa shape index (κ2) is 5.82. The van der Waals surface area contributed by atoms with Gasteiger partial charge in [0, 0.05) is 17.6 Å². The second-order valence-corrected chi connectivity index (χ2v) is 4.73. The molecule has 3 N–H and O–H groups in total. The van der Waals surface area contributed by atoms with E-state index in [1.165, 1.54) is 6.33 Å². The Bertz CT molecular complexity index is 352. The SMILES string of the molecule is CCCOc1cc(NC(C)(C)C(C)N)ncn1. The van der Waals surface area contributed by atoms with Gasteiger partial charge in [0.15, 0.2) is 0 Å². The minimum absolute atomic E-state index is 0.0116. The van der Waals surface area contributed by atoms with Crippen molar-refractivity contribution in [3.05, 3.63) is 12.4 Å². The monoisotopic (exact) mass is 238 g/mol. The zero-order valence-corrected chi connectivity index (χ0v) is 11.0. The van der Waals surface area contributed by atoms with Gasteiger partial charge in [-0.1, -0.05) is 6.92 Å². The van der Waals surface area contributed by atoms with Crippen LogP contribution in [0.25, 0.3) is 0 Å². The van der Waals surface area contributed by atoms with E-state index in [1.54, 1.807) is 6.07 Å². The Hall–Kier alpha value is -1.36. The van der Waals surface area contributed by atoms with E-state index in [2.05, 4.69) is 22.2 Å². The summed E-state index contributed by atoms with van der Waals surface area (Å²) in [7, 11) is 0. The van der Waals surface area contributed by atoms with Crippen molar-refractivity contribution in [1.29, 1.82) is 0 Å². The van der Waals surface area contributed by atoms with E-state index in [0.29, 0.717) is 12.5 Å². The van der Waals surface area contributed by atoms with E-state index < -0.39 is 0 Å². The van der Waals surface area contributed by atoms with Gasteiger partial charge in [-0.15, -0.1) is 0 Å². The maximum atomic E-state index is 5.90. The molecule has 0 spiro atoms. The first-order chi connectivity index (χ1) is 7.95. The molecule has 17 heavy (non-hydrogen) atoms. The highest BCUT2D eigenvalue weighted by molar-refractivity contribution is 5.40. The van der Waals surface area contributed by atoms with Crippen LogP contribution in [0.2, 0.25) is 0 Å². The fourth-order valence-electron chi connectivity index (χ4n) is 1.14. The molecule has 1 aromatic heterocycles. The predicted octanol–water partition coefficient (Wildman–Crippen LogP) is 1.80. The summed E-state index contributed by atoms with van der Waals surface area (Å²) in [6.07, 6.45) is 2.45. The average Bonchev–Trinajstić information content (AvgIpc) is 2.26. The maximum absolute atomic E-state index is 5.90. The van der Waals surface area contributed by atoms with Gasteiger partial charge in [0.1, 0.15) is 12.1 Å². The lowest BCUT2D eigenvalue weighted by molar-refractivity contribution is 0.304. The Labute approximate surface area is 103 Å². The van der Waals surface area contributed by atoms with Gasteiger partial charge in [-0.05, 0) is 27.2 Å². The molecular weight excluding hydrogens is 216 g/mol. The molecule has 0 fully saturated rings. The van der Waals surface area contributed by atoms with Crippen molar-refractivity contribution in [1.82, 2.24) is 9.97 Å². The van der Waals surface area contributed by atoms with E-state index in [0.717, 1.165) is 12.2 Å². The molecule has 0 aliphatic rings. The Kier molecular flexibility index (Phi) is 4.69. The highest BCUT2D eigenvalue weighted by Crippen LogP contribution is 2.18. The number of anilines is 1. The first-order valence-electron chi connectivity index (χ1n) is 5.94. The highest BCUT2D eigenvalue weighted by atomic mass is 16.5. The van der Waals surface area contributed by atoms with Crippen molar-refractivity contribution in [3.8, 4) is 5.88 Å². The van der Waals surface area contributed by atoms with Crippen LogP contribution >= 0.6 is 0 Å². The Balaban J connectivity index is 2.71. The summed E-state index contributed by atoms with van der Waals surface area (Å²) in [5.41, 5.74) is 5.67. The first-order valence-corrected chi connectivity index (χ1v) is 5.94. The molecule has 1 rings (SSSR count). The minimum atomic E-state index is -0.226. The first kappa shape index (κ1) is 13.7. The standard InChI is InChI=1S/C12H22N4O/c1-5-6-17-11-7-10(14-8-15-11)16-12(3,4)9(2)13/h7-9H,5-6,13H2,1-4H3,(H,14,15,16). The van der Waals surface area contributed by atoms with Crippen molar-refractivity contribution in [2.45, 2.75) is 45.7 Å². The number of hydrogen-bond donors (Lipinski definition) is 2. The smallest absolute Gasteiger partial charge is 0.218 e. The molecule has 96 valence electrons. The van der Waals surface area contributed by atoms with Gasteiger partial charge in [0.2, 0.25) is 5.88 Å². The molecule has 5 nitrogen and oxygen atoms in total. The van der Waals surface area contributed by atoms with Crippen LogP contribution in [0.5, 0.6) is 5.88 Å². The summed E-state index contributed by atoms with van der Waals surface area (Å²) in [5.74, 6) is 1.32. The van der Waals surface area contributed by atoms with Crippen LogP contribution in [-0.2, 0) is 0 Å². The number of rotatable bonds is 6. The summed E-state index contributed by atoms with van der Waals surface area (Å²) >= 11 is 0. The largest absolute Gasteiger partial charge is 0.478 e. The zero-order chi connectivity index (χ0) is 12.9. The molecule has 1 unspecified atom stereocenters. The van der Waals surface area contributed by atoms with Gasteiger partial charge in [-0.2, -0.15) is 0 Å². The van der Waals surface area contributed by atoms with Crippen LogP contribution in [0, 0.1) is 0 Å². The molecule has 0 bridgehead atoms. The zero-order valence-electron chi connectivity index (χ0n) is 11.0. The molecule has 0 saturated carbocycles. The molecule has 0 aliphatic carbocycles. The molecule has 0 saturated heterocycles. The number of ether oxygens (including phenoxy) is 1. The Morgan fingerprint density at radius 3 is 2.76 bits per heavy atom. The van der Waals surface area contributed by atoms with Crippen molar-refractivity contribution in [3.63, 3.8) is 0 Å². The fourth-order valence-corrected chi connectivity index (χ4v) is 1.14. The lowest BCUT2D eigenvalue weighted by Crippen LogP contribution is -2.47. The third-order valence-corrected chi connectivity index (χ3v) is 2.68. The van der Waals surface area contributed by atoms with Crippen LogP contribution < -0.4 is 15.8 Å². The topological polar surface area (TPSA) is 73.1 Å². The lowest BCUT2D eigenvalue weighted by atomic mass is 9.97. The van der Waals surface area contributed by atoms with Crippen molar-refractivity contribution in [2.24, 2.45) is 5.73 Å². The molecular formula is C12H22N4O. The Morgan fingerprint density at radius 1 is 1.47 bits per heavy atom. The van der Waals surface area contributed by atoms with E-state index in [4.69, 9.17) is 10.5 Å². The third kappa shape index (κ3) is 4.19. The van der Waals surface area contributed by atoms with Gasteiger partial charge < -0.3 is 15.8 Å². The Morgan fingerprint density at radius 2 is 2.18 bits per heavy atom. The highest BCUT2D eigenvalue weighted by Gasteiger charge is 2.22. The summed E-state index contributed by atoms with van der Waals surface area (Å²) < 4.78 is 5.45. The number of nitrogens with two attached hydrogens (primary N) is 1. The van der Waals surface area contributed by atoms with Gasteiger partial charge in [-0.3, -0.25) is 0 Å². The molecule has 1 heterocycles. The summed E-state index contributed by atoms with van der Waals surface area (Å²) in [4.78, 5) is 8.20. The van der Waals surface area contributed by atoms with Crippen molar-refractivity contribution in [2.75, 3.05) is 11.9 Å². The maximum Gasteiger partial charge on any atom is 0.218 e. The summed E-state index contributed by atoms with van der Waals surface area (Å²) in [6.45, 7) is 8.74. The summed E-state index contributed by atoms with van der Waals surface area (Å²) in [6, 6.07) is 1.80. The number of hydrogen-bond acceptors (Lipinski definition) is 5. The number of nitrogens with one attached hydrogen (secondary N) is 1. The molecule has 5 heteroatoms. The predicted molar refractivity (Wildman–Crippen MR) is 69.2 cm³/mol. The van der Waals surface area contributed by atoms with Crippen LogP contribution in [0.4, 0.5) is 5.82 Å². The van der Waals surface area contributed by atoms with Crippen molar-refractivity contribution < 1.29 is 4.74 Å². The van der Waals surface area contributed by atoms with E-state index in [1.807, 2.05) is 20.8 Å². The van der Waals surface area contributed by atoms with Gasteiger partial charge in [0.05, 0.1) is 6.61 Å². The lowest BCUT2D eigenvalue weighted by Gasteiger charge is -2.30. The van der Waals surface area contributed by atoms with Crippen LogP contribution in [0.3, 0.4) is 0 Å². The average molecular weight is 238 g/mol. The van der Waals surface area contributed by atoms with Crippen LogP contribution in [-0.4, -0.2) is 28.2 Å². The fraction of sp³-hybridized carbons (Fsp3) is 0.667. The van der Waals surface area contributed by atoms with E-state index in [9.17, 15) is 0 Å². The van der Waals surface area contributed by atoms with Crippen LogP contribution in [0.15, 0.2) is 12.4 Å². The number of aromatic nitrogens is 2. The van der Waals surface area contributed by atoms with E-state index >= 15 is 0 Å².